The quantitative estimate of drug-likeness (QED) is 0.791. The largest absolute Gasteiger partial charge is 0.352 e. The third kappa shape index (κ3) is 3.36. The zero-order valence-corrected chi connectivity index (χ0v) is 8.55. The van der Waals surface area contributed by atoms with Crippen LogP contribution in [0.4, 0.5) is 0 Å². The smallest absolute Gasteiger partial charge is 0.221 e. The Morgan fingerprint density at radius 1 is 1.43 bits per heavy atom. The zero-order valence-electron chi connectivity index (χ0n) is 7.79. The van der Waals surface area contributed by atoms with E-state index in [-0.39, 0.29) is 5.91 Å². The maximum absolute atomic E-state index is 11.1. The molecule has 1 amide bonds. The zero-order chi connectivity index (χ0) is 10.4. The molecule has 14 heavy (non-hydrogen) atoms. The third-order valence-corrected chi connectivity index (χ3v) is 2.17. The molecule has 0 radical (unpaired) electrons. The van der Waals surface area contributed by atoms with Gasteiger partial charge in [-0.2, -0.15) is 0 Å². The van der Waals surface area contributed by atoms with Crippen molar-refractivity contribution >= 4 is 17.5 Å². The van der Waals surface area contributed by atoms with Crippen LogP contribution in [0, 0.1) is 0 Å². The highest BCUT2D eigenvalue weighted by atomic mass is 35.5. The molecule has 0 unspecified atom stereocenters. The minimum Gasteiger partial charge on any atom is -0.352 e. The number of nitrogens with one attached hydrogen (secondary N) is 1. The number of benzene rings is 1. The average Bonchev–Trinajstić information content (AvgIpc) is 2.17. The predicted octanol–water partition coefficient (Wildman–Crippen LogP) is 1.31. The van der Waals surface area contributed by atoms with Crippen LogP contribution in [0.3, 0.4) is 0 Å². The minimum atomic E-state index is -0.0487. The second kappa shape index (κ2) is 5.62. The maximum atomic E-state index is 11.1. The van der Waals surface area contributed by atoms with E-state index in [0.717, 1.165) is 5.56 Å². The number of nitrogens with two attached hydrogens (primary N) is 1. The van der Waals surface area contributed by atoms with Crippen LogP contribution in [0.2, 0.25) is 5.02 Å². The molecular formula is C10H13ClN2O. The number of hydrogen-bond donors (Lipinski definition) is 2. The second-order valence-corrected chi connectivity index (χ2v) is 3.31. The van der Waals surface area contributed by atoms with Crippen molar-refractivity contribution in [2.75, 3.05) is 6.54 Å². The fraction of sp³-hybridized carbons (Fsp3) is 0.300. The Bertz CT molecular complexity index is 315. The van der Waals surface area contributed by atoms with Gasteiger partial charge in [-0.1, -0.05) is 29.8 Å². The topological polar surface area (TPSA) is 55.1 Å². The molecule has 3 N–H and O–H groups in total. The number of amides is 1. The Morgan fingerprint density at radius 3 is 2.79 bits per heavy atom. The summed E-state index contributed by atoms with van der Waals surface area (Å²) in [6.45, 7) is 0.826. The standard InChI is InChI=1S/C10H13ClN2O/c11-9-4-2-1-3-8(9)7-13-10(14)5-6-12/h1-4H,5-7,12H2,(H,13,14). The van der Waals surface area contributed by atoms with Gasteiger partial charge in [-0.05, 0) is 11.6 Å². The molecule has 0 aliphatic heterocycles. The van der Waals surface area contributed by atoms with E-state index in [2.05, 4.69) is 5.32 Å². The van der Waals surface area contributed by atoms with Crippen molar-refractivity contribution in [3.05, 3.63) is 34.9 Å². The lowest BCUT2D eigenvalue weighted by Crippen LogP contribution is -2.25. The molecular weight excluding hydrogens is 200 g/mol. The summed E-state index contributed by atoms with van der Waals surface area (Å²) in [6.07, 6.45) is 0.352. The van der Waals surface area contributed by atoms with Crippen LogP contribution in [-0.2, 0) is 11.3 Å². The second-order valence-electron chi connectivity index (χ2n) is 2.91. The van der Waals surface area contributed by atoms with E-state index in [0.29, 0.717) is 24.5 Å². The van der Waals surface area contributed by atoms with Crippen LogP contribution in [0.15, 0.2) is 24.3 Å². The molecule has 0 aromatic heterocycles. The van der Waals surface area contributed by atoms with Gasteiger partial charge >= 0.3 is 0 Å². The van der Waals surface area contributed by atoms with E-state index >= 15 is 0 Å². The van der Waals surface area contributed by atoms with Gasteiger partial charge in [0.2, 0.25) is 5.91 Å². The summed E-state index contributed by atoms with van der Waals surface area (Å²) in [6, 6.07) is 7.42. The Kier molecular flexibility index (Phi) is 4.43. The Balaban J connectivity index is 2.46. The van der Waals surface area contributed by atoms with Crippen LogP contribution in [0.25, 0.3) is 0 Å². The van der Waals surface area contributed by atoms with E-state index in [4.69, 9.17) is 17.3 Å². The third-order valence-electron chi connectivity index (χ3n) is 1.81. The number of carbonyl (C=O) groups excluding carboxylic acids is 1. The van der Waals surface area contributed by atoms with Crippen LogP contribution in [0.1, 0.15) is 12.0 Å². The van der Waals surface area contributed by atoms with Crippen LogP contribution in [0.5, 0.6) is 0 Å². The van der Waals surface area contributed by atoms with Crippen LogP contribution < -0.4 is 11.1 Å². The molecule has 1 aromatic carbocycles. The Hall–Kier alpha value is -1.06. The molecule has 0 atom stereocenters. The number of halogens is 1. The average molecular weight is 213 g/mol. The summed E-state index contributed by atoms with van der Waals surface area (Å²) in [7, 11) is 0. The van der Waals surface area contributed by atoms with Crippen molar-refractivity contribution in [3.8, 4) is 0 Å². The van der Waals surface area contributed by atoms with Gasteiger partial charge < -0.3 is 11.1 Å². The van der Waals surface area contributed by atoms with Gasteiger partial charge in [0.05, 0.1) is 0 Å². The Labute approximate surface area is 88.2 Å². The van der Waals surface area contributed by atoms with Crippen molar-refractivity contribution < 1.29 is 4.79 Å². The molecule has 0 aliphatic carbocycles. The van der Waals surface area contributed by atoms with Crippen molar-refractivity contribution in [1.29, 1.82) is 0 Å². The normalized spacial score (nSPS) is 9.86. The maximum Gasteiger partial charge on any atom is 0.221 e. The first kappa shape index (κ1) is 11.0. The van der Waals surface area contributed by atoms with Gasteiger partial charge in [0.1, 0.15) is 0 Å². The van der Waals surface area contributed by atoms with Crippen molar-refractivity contribution in [2.24, 2.45) is 5.73 Å². The molecule has 0 saturated heterocycles. The molecule has 0 spiro atoms. The first-order valence-electron chi connectivity index (χ1n) is 4.44. The number of hydrogen-bond acceptors (Lipinski definition) is 2. The molecule has 0 saturated carbocycles. The lowest BCUT2D eigenvalue weighted by atomic mass is 10.2. The minimum absolute atomic E-state index is 0.0487. The van der Waals surface area contributed by atoms with Gasteiger partial charge in [-0.25, -0.2) is 0 Å². The molecule has 0 aliphatic rings. The van der Waals surface area contributed by atoms with Crippen LogP contribution >= 0.6 is 11.6 Å². The van der Waals surface area contributed by atoms with Crippen LogP contribution in [-0.4, -0.2) is 12.5 Å². The number of rotatable bonds is 4. The summed E-state index contributed by atoms with van der Waals surface area (Å²) in [4.78, 5) is 11.1. The molecule has 0 fully saturated rings. The lowest BCUT2D eigenvalue weighted by molar-refractivity contribution is -0.121. The van der Waals surface area contributed by atoms with E-state index in [1.165, 1.54) is 0 Å². The summed E-state index contributed by atoms with van der Waals surface area (Å²) in [5.41, 5.74) is 6.16. The summed E-state index contributed by atoms with van der Waals surface area (Å²) in [5, 5.41) is 3.40. The molecule has 76 valence electrons. The highest BCUT2D eigenvalue weighted by molar-refractivity contribution is 6.31. The van der Waals surface area contributed by atoms with Gasteiger partial charge in [0.25, 0.3) is 0 Å². The molecule has 1 rings (SSSR count). The molecule has 3 nitrogen and oxygen atoms in total. The van der Waals surface area contributed by atoms with Gasteiger partial charge in [-0.15, -0.1) is 0 Å². The summed E-state index contributed by atoms with van der Waals surface area (Å²) >= 11 is 5.91. The molecule has 4 heteroatoms. The lowest BCUT2D eigenvalue weighted by Gasteiger charge is -2.05. The first-order valence-corrected chi connectivity index (χ1v) is 4.82. The van der Waals surface area contributed by atoms with E-state index in [1.807, 2.05) is 18.2 Å². The number of carbonyl (C=O) groups is 1. The van der Waals surface area contributed by atoms with Crippen molar-refractivity contribution in [3.63, 3.8) is 0 Å². The van der Waals surface area contributed by atoms with Gasteiger partial charge in [-0.3, -0.25) is 4.79 Å². The fourth-order valence-corrected chi connectivity index (χ4v) is 1.26. The first-order chi connectivity index (χ1) is 6.74. The fourth-order valence-electron chi connectivity index (χ4n) is 1.06. The SMILES string of the molecule is NCCC(=O)NCc1ccccc1Cl. The van der Waals surface area contributed by atoms with E-state index in [9.17, 15) is 4.79 Å². The van der Waals surface area contributed by atoms with Gasteiger partial charge in [0, 0.05) is 24.5 Å². The summed E-state index contributed by atoms with van der Waals surface area (Å²) in [5.74, 6) is -0.0487. The van der Waals surface area contributed by atoms with Crippen molar-refractivity contribution in [1.82, 2.24) is 5.32 Å². The van der Waals surface area contributed by atoms with Crippen molar-refractivity contribution in [2.45, 2.75) is 13.0 Å². The van der Waals surface area contributed by atoms with E-state index < -0.39 is 0 Å². The Morgan fingerprint density at radius 2 is 2.14 bits per heavy atom. The molecule has 0 heterocycles. The summed E-state index contributed by atoms with van der Waals surface area (Å²) < 4.78 is 0. The highest BCUT2D eigenvalue weighted by Crippen LogP contribution is 2.14. The molecule has 1 aromatic rings. The monoisotopic (exact) mass is 212 g/mol. The van der Waals surface area contributed by atoms with E-state index in [1.54, 1.807) is 6.07 Å². The highest BCUT2D eigenvalue weighted by Gasteiger charge is 2.01. The predicted molar refractivity (Wildman–Crippen MR) is 57.0 cm³/mol. The van der Waals surface area contributed by atoms with Gasteiger partial charge in [0.15, 0.2) is 0 Å². The molecule has 0 bridgehead atoms.